The highest BCUT2D eigenvalue weighted by Crippen LogP contribution is 2.26. The molecule has 4 nitrogen and oxygen atoms in total. The molecule has 1 amide bonds. The first kappa shape index (κ1) is 17.1. The van der Waals surface area contributed by atoms with Crippen LogP contribution in [0.4, 0.5) is 8.78 Å². The van der Waals surface area contributed by atoms with Gasteiger partial charge in [-0.05, 0) is 31.9 Å². The van der Waals surface area contributed by atoms with E-state index in [0.717, 1.165) is 11.1 Å². The van der Waals surface area contributed by atoms with Gasteiger partial charge in [0.1, 0.15) is 6.04 Å². The molecule has 116 valence electrons. The SMILES string of the molecule is Cc1ccccc1C(C)(C)C(=O)NC(CC(F)F)C(=O)O. The average Bonchev–Trinajstić information content (AvgIpc) is 2.37. The van der Waals surface area contributed by atoms with Crippen LogP contribution in [-0.4, -0.2) is 29.5 Å². The smallest absolute Gasteiger partial charge is 0.326 e. The van der Waals surface area contributed by atoms with Crippen LogP contribution in [0.15, 0.2) is 24.3 Å². The molecule has 0 fully saturated rings. The molecular weight excluding hydrogens is 280 g/mol. The molecule has 0 aliphatic carbocycles. The van der Waals surface area contributed by atoms with E-state index in [2.05, 4.69) is 5.32 Å². The van der Waals surface area contributed by atoms with Crippen molar-refractivity contribution in [3.8, 4) is 0 Å². The third kappa shape index (κ3) is 4.24. The Hall–Kier alpha value is -1.98. The largest absolute Gasteiger partial charge is 0.480 e. The predicted octanol–water partition coefficient (Wildman–Crippen LogP) is 2.50. The highest BCUT2D eigenvalue weighted by atomic mass is 19.3. The van der Waals surface area contributed by atoms with Crippen LogP contribution >= 0.6 is 0 Å². The molecule has 1 aromatic rings. The Bertz CT molecular complexity index is 529. The van der Waals surface area contributed by atoms with Gasteiger partial charge in [-0.3, -0.25) is 4.79 Å². The number of halogens is 2. The van der Waals surface area contributed by atoms with Crippen molar-refractivity contribution in [2.75, 3.05) is 0 Å². The number of carboxylic acid groups (broad SMARTS) is 1. The topological polar surface area (TPSA) is 66.4 Å². The fraction of sp³-hybridized carbons (Fsp3) is 0.467. The number of rotatable bonds is 6. The molecule has 21 heavy (non-hydrogen) atoms. The third-order valence-corrected chi connectivity index (χ3v) is 3.40. The van der Waals surface area contributed by atoms with E-state index in [1.165, 1.54) is 0 Å². The molecule has 0 radical (unpaired) electrons. The van der Waals surface area contributed by atoms with Crippen LogP contribution in [0.25, 0.3) is 0 Å². The van der Waals surface area contributed by atoms with Crippen LogP contribution in [0, 0.1) is 6.92 Å². The molecule has 0 aliphatic heterocycles. The second-order valence-electron chi connectivity index (χ2n) is 5.43. The van der Waals surface area contributed by atoms with Gasteiger partial charge in [0.15, 0.2) is 0 Å². The Morgan fingerprint density at radius 1 is 1.29 bits per heavy atom. The lowest BCUT2D eigenvalue weighted by Crippen LogP contribution is -2.49. The maximum Gasteiger partial charge on any atom is 0.326 e. The lowest BCUT2D eigenvalue weighted by molar-refractivity contribution is -0.143. The Balaban J connectivity index is 2.95. The molecule has 1 unspecified atom stereocenters. The van der Waals surface area contributed by atoms with Gasteiger partial charge in [0.05, 0.1) is 5.41 Å². The molecule has 0 bridgehead atoms. The van der Waals surface area contributed by atoms with Crippen LogP contribution in [0.1, 0.15) is 31.4 Å². The number of carboxylic acids is 1. The minimum Gasteiger partial charge on any atom is -0.480 e. The van der Waals surface area contributed by atoms with Crippen molar-refractivity contribution in [3.05, 3.63) is 35.4 Å². The Morgan fingerprint density at radius 3 is 2.33 bits per heavy atom. The second kappa shape index (κ2) is 6.65. The Morgan fingerprint density at radius 2 is 1.86 bits per heavy atom. The minimum absolute atomic E-state index is 0.593. The second-order valence-corrected chi connectivity index (χ2v) is 5.43. The van der Waals surface area contributed by atoms with Crippen LogP contribution in [0.2, 0.25) is 0 Å². The van der Waals surface area contributed by atoms with Crippen LogP contribution in [-0.2, 0) is 15.0 Å². The number of carbonyl (C=O) groups is 2. The van der Waals surface area contributed by atoms with Crippen LogP contribution in [0.3, 0.4) is 0 Å². The highest BCUT2D eigenvalue weighted by molar-refractivity contribution is 5.91. The van der Waals surface area contributed by atoms with Crippen molar-refractivity contribution in [2.24, 2.45) is 0 Å². The van der Waals surface area contributed by atoms with E-state index in [0.29, 0.717) is 0 Å². The van der Waals surface area contributed by atoms with Gasteiger partial charge in [-0.2, -0.15) is 0 Å². The van der Waals surface area contributed by atoms with E-state index in [-0.39, 0.29) is 0 Å². The number of aliphatic carboxylic acids is 1. The van der Waals surface area contributed by atoms with Crippen molar-refractivity contribution in [2.45, 2.75) is 45.1 Å². The summed E-state index contributed by atoms with van der Waals surface area (Å²) in [7, 11) is 0. The van der Waals surface area contributed by atoms with Gasteiger partial charge >= 0.3 is 5.97 Å². The first-order chi connectivity index (χ1) is 9.66. The molecule has 0 spiro atoms. The molecule has 0 saturated heterocycles. The molecule has 1 rings (SSSR count). The van der Waals surface area contributed by atoms with E-state index in [4.69, 9.17) is 5.11 Å². The summed E-state index contributed by atoms with van der Waals surface area (Å²) >= 11 is 0. The molecule has 6 heteroatoms. The predicted molar refractivity (Wildman–Crippen MR) is 74.4 cm³/mol. The molecule has 0 aromatic heterocycles. The van der Waals surface area contributed by atoms with Crippen molar-refractivity contribution < 1.29 is 23.5 Å². The zero-order valence-electron chi connectivity index (χ0n) is 12.2. The van der Waals surface area contributed by atoms with Crippen molar-refractivity contribution in [1.29, 1.82) is 0 Å². The number of hydrogen-bond donors (Lipinski definition) is 2. The fourth-order valence-corrected chi connectivity index (χ4v) is 2.13. The number of benzene rings is 1. The van der Waals surface area contributed by atoms with Crippen LogP contribution < -0.4 is 5.32 Å². The maximum absolute atomic E-state index is 12.4. The molecule has 0 heterocycles. The third-order valence-electron chi connectivity index (χ3n) is 3.40. The van der Waals surface area contributed by atoms with Gasteiger partial charge < -0.3 is 10.4 Å². The quantitative estimate of drug-likeness (QED) is 0.848. The first-order valence-corrected chi connectivity index (χ1v) is 6.54. The summed E-state index contributed by atoms with van der Waals surface area (Å²) in [6, 6.07) is 5.59. The van der Waals surface area contributed by atoms with Gasteiger partial charge in [-0.25, -0.2) is 13.6 Å². The monoisotopic (exact) mass is 299 g/mol. The minimum atomic E-state index is -2.80. The van der Waals surface area contributed by atoms with E-state index in [1.54, 1.807) is 26.0 Å². The average molecular weight is 299 g/mol. The van der Waals surface area contributed by atoms with E-state index >= 15 is 0 Å². The summed E-state index contributed by atoms with van der Waals surface area (Å²) < 4.78 is 24.7. The zero-order chi connectivity index (χ0) is 16.2. The number of nitrogens with one attached hydrogen (secondary N) is 1. The molecule has 0 aliphatic rings. The van der Waals surface area contributed by atoms with E-state index < -0.39 is 36.2 Å². The summed E-state index contributed by atoms with van der Waals surface area (Å²) in [6.45, 7) is 5.09. The van der Waals surface area contributed by atoms with Gasteiger partial charge in [-0.15, -0.1) is 0 Å². The standard InChI is InChI=1S/C15H19F2NO3/c1-9-6-4-5-7-10(9)15(2,3)14(21)18-11(13(19)20)8-12(16)17/h4-7,11-12H,8H2,1-3H3,(H,18,21)(H,19,20). The van der Waals surface area contributed by atoms with Crippen molar-refractivity contribution in [1.82, 2.24) is 5.32 Å². The molecule has 1 aromatic carbocycles. The number of aryl methyl sites for hydroxylation is 1. The highest BCUT2D eigenvalue weighted by Gasteiger charge is 2.34. The fourth-order valence-electron chi connectivity index (χ4n) is 2.13. The Labute approximate surface area is 122 Å². The van der Waals surface area contributed by atoms with Crippen molar-refractivity contribution in [3.63, 3.8) is 0 Å². The number of alkyl halides is 2. The summed E-state index contributed by atoms with van der Waals surface area (Å²) in [4.78, 5) is 23.2. The van der Waals surface area contributed by atoms with Crippen LogP contribution in [0.5, 0.6) is 0 Å². The lowest BCUT2D eigenvalue weighted by atomic mass is 9.81. The first-order valence-electron chi connectivity index (χ1n) is 6.54. The van der Waals surface area contributed by atoms with E-state index in [9.17, 15) is 18.4 Å². The Kier molecular flexibility index (Phi) is 5.41. The van der Waals surface area contributed by atoms with Gasteiger partial charge in [0, 0.05) is 6.42 Å². The number of carbonyl (C=O) groups excluding carboxylic acids is 1. The number of amides is 1. The normalized spacial score (nSPS) is 13.0. The van der Waals surface area contributed by atoms with Gasteiger partial charge in [0.25, 0.3) is 0 Å². The summed E-state index contributed by atoms with van der Waals surface area (Å²) in [5, 5.41) is 11.1. The maximum atomic E-state index is 12.4. The molecule has 0 saturated carbocycles. The molecule has 2 N–H and O–H groups in total. The summed E-state index contributed by atoms with van der Waals surface area (Å²) in [5.74, 6) is -2.06. The molecule has 1 atom stereocenters. The summed E-state index contributed by atoms with van der Waals surface area (Å²) in [6.07, 6.45) is -3.71. The molecular formula is C15H19F2NO3. The van der Waals surface area contributed by atoms with Gasteiger partial charge in [0.2, 0.25) is 12.3 Å². The van der Waals surface area contributed by atoms with E-state index in [1.807, 2.05) is 19.1 Å². The lowest BCUT2D eigenvalue weighted by Gasteiger charge is -2.27. The summed E-state index contributed by atoms with van der Waals surface area (Å²) in [5.41, 5.74) is 0.586. The number of hydrogen-bond acceptors (Lipinski definition) is 2. The van der Waals surface area contributed by atoms with Crippen molar-refractivity contribution >= 4 is 11.9 Å². The zero-order valence-corrected chi connectivity index (χ0v) is 12.2. The van der Waals surface area contributed by atoms with Gasteiger partial charge in [-0.1, -0.05) is 24.3 Å².